The van der Waals surface area contributed by atoms with E-state index in [1.807, 2.05) is 18.2 Å². The molecule has 0 bridgehead atoms. The van der Waals surface area contributed by atoms with Crippen LogP contribution in [0.25, 0.3) is 11.5 Å². The summed E-state index contributed by atoms with van der Waals surface area (Å²) in [5.41, 5.74) is 2.00. The van der Waals surface area contributed by atoms with Gasteiger partial charge in [-0.15, -0.1) is 10.2 Å². The molecule has 2 aromatic carbocycles. The van der Waals surface area contributed by atoms with E-state index in [2.05, 4.69) is 15.1 Å². The number of ether oxygens (including phenoxy) is 1. The van der Waals surface area contributed by atoms with E-state index in [9.17, 15) is 17.2 Å². The lowest BCUT2D eigenvalue weighted by atomic mass is 9.71. The summed E-state index contributed by atoms with van der Waals surface area (Å²) in [4.78, 5) is 2.45. The molecule has 3 fully saturated rings. The number of benzene rings is 2. The van der Waals surface area contributed by atoms with Gasteiger partial charge in [-0.05, 0) is 48.1 Å². The minimum atomic E-state index is -3.79. The predicted octanol–water partition coefficient (Wildman–Crippen LogP) is 3.72. The molecule has 12 heteroatoms. The number of alkyl halides is 2. The Kier molecular flexibility index (Phi) is 6.67. The number of likely N-dealkylation sites (tertiary alicyclic amines) is 1. The number of para-hydroxylation sites is 1. The largest absolute Gasteiger partial charge is 0.415 e. The molecule has 9 nitrogen and oxygen atoms in total. The van der Waals surface area contributed by atoms with E-state index in [4.69, 9.17) is 9.15 Å². The van der Waals surface area contributed by atoms with Crippen LogP contribution >= 0.6 is 0 Å². The van der Waals surface area contributed by atoms with E-state index >= 15 is 0 Å². The van der Waals surface area contributed by atoms with Gasteiger partial charge in [0.25, 0.3) is 5.89 Å². The van der Waals surface area contributed by atoms with Crippen LogP contribution in [0.3, 0.4) is 0 Å². The Hall–Kier alpha value is -2.93. The molecule has 3 aliphatic heterocycles. The third kappa shape index (κ3) is 4.81. The molecule has 4 heterocycles. The van der Waals surface area contributed by atoms with Gasteiger partial charge in [0.2, 0.25) is 5.89 Å². The Morgan fingerprint density at radius 1 is 1.00 bits per heavy atom. The molecule has 1 aromatic heterocycles. The molecule has 0 N–H and O–H groups in total. The van der Waals surface area contributed by atoms with Crippen LogP contribution in [-0.4, -0.2) is 73.3 Å². The summed E-state index contributed by atoms with van der Waals surface area (Å²) in [5, 5.41) is 7.03. The fraction of sp³-hybridized carbons (Fsp3) is 0.462. The number of rotatable bonds is 8. The van der Waals surface area contributed by atoms with Crippen LogP contribution in [0.15, 0.2) is 59.0 Å². The van der Waals surface area contributed by atoms with Crippen molar-refractivity contribution in [1.29, 1.82) is 0 Å². The van der Waals surface area contributed by atoms with Crippen molar-refractivity contribution in [3.63, 3.8) is 0 Å². The van der Waals surface area contributed by atoms with Crippen LogP contribution < -0.4 is 4.31 Å². The topological polar surface area (TPSA) is 92.0 Å². The first-order chi connectivity index (χ1) is 18.3. The van der Waals surface area contributed by atoms with Gasteiger partial charge in [-0.3, -0.25) is 9.21 Å². The Bertz CT molecular complexity index is 1350. The zero-order chi connectivity index (χ0) is 26.3. The smallest absolute Gasteiger partial charge is 0.314 e. The van der Waals surface area contributed by atoms with Gasteiger partial charge in [-0.2, -0.15) is 21.5 Å². The minimum absolute atomic E-state index is 0.0129. The molecule has 202 valence electrons. The monoisotopic (exact) mass is 545 g/mol. The average molecular weight is 546 g/mol. The lowest BCUT2D eigenvalue weighted by Crippen LogP contribution is -2.67. The van der Waals surface area contributed by atoms with Crippen molar-refractivity contribution in [2.24, 2.45) is 5.41 Å². The maximum absolute atomic E-state index is 13.9. The fourth-order valence-electron chi connectivity index (χ4n) is 5.41. The average Bonchev–Trinajstić information content (AvgIpc) is 3.37. The summed E-state index contributed by atoms with van der Waals surface area (Å²) in [6.07, 6.45) is -1.15. The molecule has 3 aliphatic rings. The molecular weight excluding hydrogens is 516 g/mol. The zero-order valence-electron chi connectivity index (χ0n) is 20.7. The Balaban J connectivity index is 1.17. The van der Waals surface area contributed by atoms with Crippen molar-refractivity contribution >= 4 is 15.9 Å². The van der Waals surface area contributed by atoms with E-state index in [-0.39, 0.29) is 17.9 Å². The lowest BCUT2D eigenvalue weighted by Gasteiger charge is -2.57. The van der Waals surface area contributed by atoms with E-state index in [0.717, 1.165) is 44.7 Å². The van der Waals surface area contributed by atoms with Crippen LogP contribution in [0, 0.1) is 5.41 Å². The number of anilines is 1. The highest BCUT2D eigenvalue weighted by Gasteiger charge is 2.49. The number of piperidine rings is 1. The predicted molar refractivity (Wildman–Crippen MR) is 136 cm³/mol. The quantitative estimate of drug-likeness (QED) is 0.426. The number of hydrogen-bond donors (Lipinski definition) is 0. The van der Waals surface area contributed by atoms with E-state index in [0.29, 0.717) is 30.4 Å². The standard InChI is InChI=1S/C26H29F2N5O4S/c27-23(28)25-30-29-24(37-25)20-8-6-19(7-9-20)14-33(21-4-2-1-3-5-21)38(34,35)32-12-10-26(11-13-32)17-31(18-26)22-15-36-16-22/h1-9,22-23H,10-18H2. The van der Waals surface area contributed by atoms with Gasteiger partial charge in [0.1, 0.15) is 0 Å². The number of hydrogen-bond acceptors (Lipinski definition) is 7. The maximum Gasteiger partial charge on any atom is 0.314 e. The van der Waals surface area contributed by atoms with Crippen molar-refractivity contribution in [1.82, 2.24) is 19.4 Å². The van der Waals surface area contributed by atoms with Crippen molar-refractivity contribution in [2.75, 3.05) is 43.7 Å². The van der Waals surface area contributed by atoms with E-state index in [1.54, 1.807) is 40.7 Å². The zero-order valence-corrected chi connectivity index (χ0v) is 21.6. The highest BCUT2D eigenvalue weighted by atomic mass is 32.2. The van der Waals surface area contributed by atoms with Gasteiger partial charge in [0.15, 0.2) is 0 Å². The molecule has 6 rings (SSSR count). The molecule has 0 amide bonds. The van der Waals surface area contributed by atoms with Crippen LogP contribution in [-0.2, 0) is 21.5 Å². The Labute approximate surface area is 220 Å². The second kappa shape index (κ2) is 9.99. The molecule has 1 spiro atoms. The van der Waals surface area contributed by atoms with Gasteiger partial charge < -0.3 is 9.15 Å². The summed E-state index contributed by atoms with van der Waals surface area (Å²) in [6.45, 7) is 4.73. The van der Waals surface area contributed by atoms with Crippen molar-refractivity contribution < 1.29 is 26.4 Å². The van der Waals surface area contributed by atoms with Crippen LogP contribution in [0.5, 0.6) is 0 Å². The molecule has 0 radical (unpaired) electrons. The molecular formula is C26H29F2N5O4S. The summed E-state index contributed by atoms with van der Waals surface area (Å²) in [5.74, 6) is -0.749. The Morgan fingerprint density at radius 3 is 2.26 bits per heavy atom. The number of nitrogens with zero attached hydrogens (tertiary/aromatic N) is 5. The van der Waals surface area contributed by atoms with Gasteiger partial charge in [0, 0.05) is 31.7 Å². The normalized spacial score (nSPS) is 20.4. The second-order valence-electron chi connectivity index (χ2n) is 10.3. The molecule has 0 unspecified atom stereocenters. The molecule has 3 aromatic rings. The first kappa shape index (κ1) is 25.4. The van der Waals surface area contributed by atoms with Crippen LogP contribution in [0.1, 0.15) is 30.7 Å². The van der Waals surface area contributed by atoms with Crippen molar-refractivity contribution in [3.05, 3.63) is 66.1 Å². The van der Waals surface area contributed by atoms with Gasteiger partial charge in [-0.1, -0.05) is 30.3 Å². The SMILES string of the molecule is O=S(=O)(N1CCC2(CC1)CN(C1COC1)C2)N(Cc1ccc(-c2nnc(C(F)F)o2)cc1)c1ccccc1. The summed E-state index contributed by atoms with van der Waals surface area (Å²) < 4.78 is 66.8. The van der Waals surface area contributed by atoms with Crippen molar-refractivity contribution in [2.45, 2.75) is 31.9 Å². The molecule has 38 heavy (non-hydrogen) atoms. The lowest BCUT2D eigenvalue weighted by molar-refractivity contribution is -0.140. The second-order valence-corrected chi connectivity index (χ2v) is 12.1. The van der Waals surface area contributed by atoms with Gasteiger partial charge in [-0.25, -0.2) is 0 Å². The third-order valence-electron chi connectivity index (χ3n) is 7.80. The maximum atomic E-state index is 13.9. The van der Waals surface area contributed by atoms with Gasteiger partial charge >= 0.3 is 16.6 Å². The van der Waals surface area contributed by atoms with Crippen LogP contribution in [0.2, 0.25) is 0 Å². The van der Waals surface area contributed by atoms with E-state index < -0.39 is 22.5 Å². The van der Waals surface area contributed by atoms with E-state index in [1.165, 1.54) is 4.31 Å². The summed E-state index contributed by atoms with van der Waals surface area (Å²) in [6, 6.07) is 16.4. The van der Waals surface area contributed by atoms with Crippen molar-refractivity contribution in [3.8, 4) is 11.5 Å². The van der Waals surface area contributed by atoms with Gasteiger partial charge in [0.05, 0.1) is 31.5 Å². The fourth-order valence-corrected chi connectivity index (χ4v) is 7.04. The number of halogens is 2. The number of aromatic nitrogens is 2. The highest BCUT2D eigenvalue weighted by Crippen LogP contribution is 2.43. The molecule has 0 atom stereocenters. The summed E-state index contributed by atoms with van der Waals surface area (Å²) >= 11 is 0. The molecule has 3 saturated heterocycles. The van der Waals surface area contributed by atoms with Crippen LogP contribution in [0.4, 0.5) is 14.5 Å². The molecule has 0 saturated carbocycles. The molecule has 0 aliphatic carbocycles. The summed E-state index contributed by atoms with van der Waals surface area (Å²) in [7, 11) is -3.79. The third-order valence-corrected chi connectivity index (χ3v) is 9.71. The first-order valence-corrected chi connectivity index (χ1v) is 14.1. The first-order valence-electron chi connectivity index (χ1n) is 12.7. The Morgan fingerprint density at radius 2 is 1.68 bits per heavy atom. The highest BCUT2D eigenvalue weighted by molar-refractivity contribution is 7.90. The minimum Gasteiger partial charge on any atom is -0.415 e.